The van der Waals surface area contributed by atoms with Gasteiger partial charge in [0, 0.05) is 11.1 Å². The molecule has 2 aromatic rings. The topological polar surface area (TPSA) is 58.2 Å². The van der Waals surface area contributed by atoms with Crippen molar-refractivity contribution in [2.75, 3.05) is 6.54 Å². The molecule has 2 N–H and O–H groups in total. The highest BCUT2D eigenvalue weighted by atomic mass is 32.1. The fraction of sp³-hybridized carbons (Fsp3) is 0.231. The molecule has 0 spiro atoms. The number of carbonyl (C=O) groups is 2. The van der Waals surface area contributed by atoms with Crippen molar-refractivity contribution in [1.82, 2.24) is 10.6 Å². The largest absolute Gasteiger partial charge is 0.345 e. The van der Waals surface area contributed by atoms with Crippen LogP contribution in [0.5, 0.6) is 0 Å². The Balaban J connectivity index is 1.87. The summed E-state index contributed by atoms with van der Waals surface area (Å²) in [5.74, 6) is -0.232. The third kappa shape index (κ3) is 1.97. The lowest BCUT2D eigenvalue weighted by atomic mass is 10.0. The van der Waals surface area contributed by atoms with Gasteiger partial charge in [-0.2, -0.15) is 0 Å². The summed E-state index contributed by atoms with van der Waals surface area (Å²) >= 11 is 1.66. The Bertz CT molecular complexity index is 620. The summed E-state index contributed by atoms with van der Waals surface area (Å²) in [5.41, 5.74) is 1.11. The number of rotatable bonds is 2. The van der Waals surface area contributed by atoms with Gasteiger partial charge in [0.1, 0.15) is 6.04 Å². The van der Waals surface area contributed by atoms with Crippen molar-refractivity contribution in [3.8, 4) is 0 Å². The maximum atomic E-state index is 11.7. The van der Waals surface area contributed by atoms with Crippen molar-refractivity contribution in [1.29, 1.82) is 0 Å². The predicted molar refractivity (Wildman–Crippen MR) is 70.5 cm³/mol. The summed E-state index contributed by atoms with van der Waals surface area (Å²) in [7, 11) is 0. The van der Waals surface area contributed by atoms with Crippen molar-refractivity contribution in [2.24, 2.45) is 0 Å². The molecule has 1 fully saturated rings. The van der Waals surface area contributed by atoms with E-state index in [1.54, 1.807) is 11.3 Å². The van der Waals surface area contributed by atoms with E-state index in [1.165, 1.54) is 4.70 Å². The van der Waals surface area contributed by atoms with Gasteiger partial charge in [0.15, 0.2) is 0 Å². The van der Waals surface area contributed by atoms with Gasteiger partial charge in [-0.1, -0.05) is 18.2 Å². The molecule has 92 valence electrons. The average Bonchev–Trinajstić information content (AvgIpc) is 2.78. The first-order chi connectivity index (χ1) is 8.74. The molecule has 3 rings (SSSR count). The Morgan fingerprint density at radius 1 is 1.28 bits per heavy atom. The van der Waals surface area contributed by atoms with Crippen LogP contribution in [-0.2, 0) is 16.0 Å². The summed E-state index contributed by atoms with van der Waals surface area (Å²) in [6, 6.07) is 7.63. The SMILES string of the molecule is O=C1CNC(=O)C(Cc2csc3ccccc23)N1. The van der Waals surface area contributed by atoms with Crippen LogP contribution in [0, 0.1) is 0 Å². The van der Waals surface area contributed by atoms with Gasteiger partial charge in [0.05, 0.1) is 6.54 Å². The van der Waals surface area contributed by atoms with Crippen LogP contribution in [0.25, 0.3) is 10.1 Å². The second-order valence-electron chi connectivity index (χ2n) is 4.30. The van der Waals surface area contributed by atoms with E-state index < -0.39 is 6.04 Å². The molecule has 5 heteroatoms. The molecule has 0 radical (unpaired) electrons. The van der Waals surface area contributed by atoms with Gasteiger partial charge in [-0.3, -0.25) is 9.59 Å². The number of hydrogen-bond donors (Lipinski definition) is 2. The molecule has 1 aromatic carbocycles. The molecule has 1 aliphatic rings. The first-order valence-electron chi connectivity index (χ1n) is 5.76. The van der Waals surface area contributed by atoms with Gasteiger partial charge < -0.3 is 10.6 Å². The molecule has 1 atom stereocenters. The maximum Gasteiger partial charge on any atom is 0.243 e. The zero-order chi connectivity index (χ0) is 12.5. The molecule has 1 unspecified atom stereocenters. The monoisotopic (exact) mass is 260 g/mol. The van der Waals surface area contributed by atoms with Crippen LogP contribution < -0.4 is 10.6 Å². The van der Waals surface area contributed by atoms with Crippen molar-refractivity contribution in [2.45, 2.75) is 12.5 Å². The number of thiophene rings is 1. The van der Waals surface area contributed by atoms with E-state index in [9.17, 15) is 9.59 Å². The lowest BCUT2D eigenvalue weighted by molar-refractivity contribution is -0.133. The minimum atomic E-state index is -0.454. The molecule has 1 aromatic heterocycles. The van der Waals surface area contributed by atoms with Crippen LogP contribution in [0.2, 0.25) is 0 Å². The lowest BCUT2D eigenvalue weighted by Gasteiger charge is -2.22. The molecule has 4 nitrogen and oxygen atoms in total. The van der Waals surface area contributed by atoms with Crippen molar-refractivity contribution in [3.05, 3.63) is 35.2 Å². The van der Waals surface area contributed by atoms with E-state index in [0.29, 0.717) is 6.42 Å². The first kappa shape index (κ1) is 11.2. The molecular formula is C13H12N2O2S. The lowest BCUT2D eigenvalue weighted by Crippen LogP contribution is -2.56. The van der Waals surface area contributed by atoms with Crippen molar-refractivity contribution in [3.63, 3.8) is 0 Å². The van der Waals surface area contributed by atoms with Gasteiger partial charge in [0.25, 0.3) is 0 Å². The summed E-state index contributed by atoms with van der Waals surface area (Å²) in [6.07, 6.45) is 0.543. The fourth-order valence-corrected chi connectivity index (χ4v) is 3.13. The molecular weight excluding hydrogens is 248 g/mol. The molecule has 1 aliphatic heterocycles. The smallest absolute Gasteiger partial charge is 0.243 e. The van der Waals surface area contributed by atoms with Crippen LogP contribution >= 0.6 is 11.3 Å². The third-order valence-electron chi connectivity index (χ3n) is 3.06. The summed E-state index contributed by atoms with van der Waals surface area (Å²) < 4.78 is 1.20. The van der Waals surface area contributed by atoms with Gasteiger partial charge in [0.2, 0.25) is 11.8 Å². The number of fused-ring (bicyclic) bond motifs is 1. The molecule has 2 heterocycles. The van der Waals surface area contributed by atoms with Crippen LogP contribution in [0.4, 0.5) is 0 Å². The second kappa shape index (κ2) is 4.42. The third-order valence-corrected chi connectivity index (χ3v) is 4.07. The highest BCUT2D eigenvalue weighted by Crippen LogP contribution is 2.26. The number of benzene rings is 1. The van der Waals surface area contributed by atoms with Crippen molar-refractivity contribution < 1.29 is 9.59 Å². The Morgan fingerprint density at radius 3 is 3.00 bits per heavy atom. The molecule has 0 saturated carbocycles. The zero-order valence-corrected chi connectivity index (χ0v) is 10.4. The molecule has 1 saturated heterocycles. The van der Waals surface area contributed by atoms with Gasteiger partial charge >= 0.3 is 0 Å². The minimum Gasteiger partial charge on any atom is -0.345 e. The molecule has 0 bridgehead atoms. The number of hydrogen-bond acceptors (Lipinski definition) is 3. The zero-order valence-electron chi connectivity index (χ0n) is 9.60. The van der Waals surface area contributed by atoms with E-state index in [0.717, 1.165) is 10.9 Å². The maximum absolute atomic E-state index is 11.7. The molecule has 18 heavy (non-hydrogen) atoms. The Labute approximate surface area is 108 Å². The van der Waals surface area contributed by atoms with Gasteiger partial charge in [-0.05, 0) is 22.4 Å². The summed E-state index contributed by atoms with van der Waals surface area (Å²) in [5, 5.41) is 8.53. The standard InChI is InChI=1S/C13H12N2O2S/c16-12-6-14-13(17)10(15-12)5-8-7-18-11-4-2-1-3-9(8)11/h1-4,7,10H,5-6H2,(H,14,17)(H,15,16). The van der Waals surface area contributed by atoms with E-state index in [-0.39, 0.29) is 18.4 Å². The predicted octanol–water partition coefficient (Wildman–Crippen LogP) is 1.06. The van der Waals surface area contributed by atoms with E-state index in [2.05, 4.69) is 22.1 Å². The Kier molecular flexibility index (Phi) is 2.76. The average molecular weight is 260 g/mol. The van der Waals surface area contributed by atoms with E-state index in [4.69, 9.17) is 0 Å². The van der Waals surface area contributed by atoms with Crippen LogP contribution in [-0.4, -0.2) is 24.4 Å². The van der Waals surface area contributed by atoms with Crippen molar-refractivity contribution >= 4 is 33.2 Å². The normalized spacial score (nSPS) is 19.7. The quantitative estimate of drug-likeness (QED) is 0.848. The van der Waals surface area contributed by atoms with Crippen LogP contribution in [0.15, 0.2) is 29.6 Å². The van der Waals surface area contributed by atoms with Gasteiger partial charge in [-0.25, -0.2) is 0 Å². The number of carbonyl (C=O) groups excluding carboxylic acids is 2. The Hall–Kier alpha value is -1.88. The Morgan fingerprint density at radius 2 is 2.11 bits per heavy atom. The second-order valence-corrected chi connectivity index (χ2v) is 5.21. The number of amides is 2. The number of piperazine rings is 1. The van der Waals surface area contributed by atoms with E-state index >= 15 is 0 Å². The number of nitrogens with one attached hydrogen (secondary N) is 2. The molecule has 2 amide bonds. The highest BCUT2D eigenvalue weighted by molar-refractivity contribution is 7.17. The minimum absolute atomic E-state index is 0.0831. The molecule has 0 aliphatic carbocycles. The first-order valence-corrected chi connectivity index (χ1v) is 6.64. The van der Waals surface area contributed by atoms with E-state index in [1.807, 2.05) is 18.2 Å². The highest BCUT2D eigenvalue weighted by Gasteiger charge is 2.26. The summed E-state index contributed by atoms with van der Waals surface area (Å²) in [6.45, 7) is 0.0831. The fourth-order valence-electron chi connectivity index (χ4n) is 2.16. The van der Waals surface area contributed by atoms with Crippen LogP contribution in [0.3, 0.4) is 0 Å². The van der Waals surface area contributed by atoms with Crippen LogP contribution in [0.1, 0.15) is 5.56 Å². The summed E-state index contributed by atoms with van der Waals surface area (Å²) in [4.78, 5) is 23.0. The van der Waals surface area contributed by atoms with Gasteiger partial charge in [-0.15, -0.1) is 11.3 Å².